The number of rotatable bonds is 1. The number of aliphatic hydroxyl groups is 1. The normalized spacial score (nSPS) is 30.5. The van der Waals surface area contributed by atoms with Gasteiger partial charge in [-0.15, -0.1) is 0 Å². The number of benzene rings is 1. The van der Waals surface area contributed by atoms with E-state index in [1.807, 2.05) is 0 Å². The third kappa shape index (κ3) is 2.25. The van der Waals surface area contributed by atoms with Crippen LogP contribution < -0.4 is 0 Å². The molecule has 7 heteroatoms. The van der Waals surface area contributed by atoms with E-state index in [1.54, 1.807) is 18.2 Å². The molecule has 2 aliphatic rings. The highest BCUT2D eigenvalue weighted by molar-refractivity contribution is 6.00. The smallest absolute Gasteiger partial charge is 0.361 e. The Morgan fingerprint density at radius 1 is 1.21 bits per heavy atom. The summed E-state index contributed by atoms with van der Waals surface area (Å²) in [7, 11) is 0. The Kier molecular flexibility index (Phi) is 3.94. The molecule has 0 bridgehead atoms. The van der Waals surface area contributed by atoms with Crippen LogP contribution in [-0.2, 0) is 0 Å². The Morgan fingerprint density at radius 3 is 2.50 bits per heavy atom. The molecule has 0 saturated heterocycles. The Bertz CT molecular complexity index is 674. The molecule has 1 saturated carbocycles. The van der Waals surface area contributed by atoms with E-state index in [0.29, 0.717) is 19.3 Å². The van der Waals surface area contributed by atoms with Gasteiger partial charge in [-0.1, -0.05) is 31.0 Å². The molecule has 0 aromatic heterocycles. The molecule has 4 nitrogen and oxygen atoms in total. The molecule has 1 N–H and O–H groups in total. The second kappa shape index (κ2) is 5.58. The molecule has 1 heterocycles. The number of carbonyl (C=O) groups excluding carboxylic acids is 1. The molecule has 1 fully saturated rings. The van der Waals surface area contributed by atoms with E-state index in [9.17, 15) is 23.1 Å². The highest BCUT2D eigenvalue weighted by Gasteiger charge is 2.73. The molecule has 1 aliphatic heterocycles. The average molecular weight is 340 g/mol. The number of halogens is 3. The third-order valence-corrected chi connectivity index (χ3v) is 5.13. The Hall–Kier alpha value is -1.89. The van der Waals surface area contributed by atoms with E-state index in [-0.39, 0.29) is 22.7 Å². The van der Waals surface area contributed by atoms with Crippen molar-refractivity contribution in [1.29, 1.82) is 0 Å². The van der Waals surface area contributed by atoms with E-state index in [0.717, 1.165) is 6.42 Å². The van der Waals surface area contributed by atoms with Crippen molar-refractivity contribution in [3.05, 3.63) is 35.9 Å². The predicted octanol–water partition coefficient (Wildman–Crippen LogP) is 3.72. The average Bonchev–Trinajstić information content (AvgIpc) is 2.66. The van der Waals surface area contributed by atoms with Crippen molar-refractivity contribution in [2.45, 2.75) is 50.9 Å². The summed E-state index contributed by atoms with van der Waals surface area (Å²) >= 11 is 0. The van der Waals surface area contributed by atoms with Gasteiger partial charge in [0.1, 0.15) is 0 Å². The van der Waals surface area contributed by atoms with Crippen molar-refractivity contribution in [2.24, 2.45) is 10.5 Å². The van der Waals surface area contributed by atoms with Gasteiger partial charge in [0, 0.05) is 11.3 Å². The van der Waals surface area contributed by atoms with E-state index >= 15 is 0 Å². The van der Waals surface area contributed by atoms with Gasteiger partial charge in [-0.2, -0.15) is 23.3 Å². The Balaban J connectivity index is 2.12. The number of alkyl halides is 3. The second-order valence-electron chi connectivity index (χ2n) is 6.59. The van der Waals surface area contributed by atoms with Crippen LogP contribution in [0.5, 0.6) is 0 Å². The maximum Gasteiger partial charge on any atom is 0.439 e. The fourth-order valence-corrected chi connectivity index (χ4v) is 3.66. The van der Waals surface area contributed by atoms with Gasteiger partial charge < -0.3 is 5.11 Å². The molecule has 1 aromatic rings. The standard InChI is InChI=1S/C17H19F3N2O2/c1-15-11-7-3-6-10-13(15)21-22(16(15,24)17(18,19)20)14(23)12-8-4-2-5-9-12/h2,4-5,8-9,24H,3,6-7,10-11H2,1H3/t15-,16-/m0/s1. The number of fused-ring (bicyclic) bond motifs is 1. The quantitative estimate of drug-likeness (QED) is 0.847. The number of hydrogen-bond donors (Lipinski definition) is 1. The van der Waals surface area contributed by atoms with Crippen LogP contribution in [0.4, 0.5) is 13.2 Å². The number of carbonyl (C=O) groups is 1. The van der Waals surface area contributed by atoms with Crippen molar-refractivity contribution >= 4 is 11.6 Å². The summed E-state index contributed by atoms with van der Waals surface area (Å²) in [5, 5.41) is 15.0. The minimum Gasteiger partial charge on any atom is -0.361 e. The summed E-state index contributed by atoms with van der Waals surface area (Å²) in [5.74, 6) is -0.947. The number of amides is 1. The van der Waals surface area contributed by atoms with Crippen LogP contribution in [0, 0.1) is 5.41 Å². The van der Waals surface area contributed by atoms with E-state index in [2.05, 4.69) is 5.10 Å². The number of hydrazone groups is 1. The van der Waals surface area contributed by atoms with Gasteiger partial charge in [-0.05, 0) is 38.3 Å². The van der Waals surface area contributed by atoms with Crippen LogP contribution in [-0.4, -0.2) is 33.6 Å². The van der Waals surface area contributed by atoms with Crippen LogP contribution >= 0.6 is 0 Å². The lowest BCUT2D eigenvalue weighted by Gasteiger charge is -2.43. The van der Waals surface area contributed by atoms with E-state index < -0.39 is 23.2 Å². The first-order valence-corrected chi connectivity index (χ1v) is 7.98. The van der Waals surface area contributed by atoms with Crippen molar-refractivity contribution < 1.29 is 23.1 Å². The fourth-order valence-electron chi connectivity index (χ4n) is 3.66. The summed E-state index contributed by atoms with van der Waals surface area (Å²) in [6.07, 6.45) is -2.47. The fraction of sp³-hybridized carbons (Fsp3) is 0.529. The molecule has 0 spiro atoms. The molecule has 130 valence electrons. The van der Waals surface area contributed by atoms with Crippen LogP contribution in [0.15, 0.2) is 35.4 Å². The van der Waals surface area contributed by atoms with Crippen molar-refractivity contribution in [3.63, 3.8) is 0 Å². The van der Waals surface area contributed by atoms with E-state index in [1.165, 1.54) is 19.1 Å². The van der Waals surface area contributed by atoms with Crippen LogP contribution in [0.3, 0.4) is 0 Å². The Labute approximate surface area is 138 Å². The van der Waals surface area contributed by atoms with Gasteiger partial charge in [0.05, 0.1) is 5.41 Å². The maximum absolute atomic E-state index is 13.9. The second-order valence-corrected chi connectivity index (χ2v) is 6.59. The first-order valence-electron chi connectivity index (χ1n) is 7.98. The van der Waals surface area contributed by atoms with Crippen LogP contribution in [0.25, 0.3) is 0 Å². The van der Waals surface area contributed by atoms with Gasteiger partial charge in [0.2, 0.25) is 0 Å². The van der Waals surface area contributed by atoms with E-state index in [4.69, 9.17) is 0 Å². The van der Waals surface area contributed by atoms with Gasteiger partial charge >= 0.3 is 6.18 Å². The highest BCUT2D eigenvalue weighted by atomic mass is 19.4. The SMILES string of the molecule is C[C@]12CCCCCC1=NN(C(=O)c1ccccc1)[C@@]2(O)C(F)(F)F. The topological polar surface area (TPSA) is 52.9 Å². The minimum atomic E-state index is -5.01. The summed E-state index contributed by atoms with van der Waals surface area (Å²) in [6.45, 7) is 1.36. The van der Waals surface area contributed by atoms with Gasteiger partial charge in [0.15, 0.2) is 0 Å². The summed E-state index contributed by atoms with van der Waals surface area (Å²) in [6, 6.07) is 7.60. The highest BCUT2D eigenvalue weighted by Crippen LogP contribution is 2.55. The zero-order chi connectivity index (χ0) is 17.6. The molecule has 24 heavy (non-hydrogen) atoms. The van der Waals surface area contributed by atoms with Gasteiger partial charge in [0.25, 0.3) is 11.6 Å². The molecule has 2 atom stereocenters. The summed E-state index contributed by atoms with van der Waals surface area (Å²) in [5.41, 5.74) is -4.63. The lowest BCUT2D eigenvalue weighted by Crippen LogP contribution is -2.65. The lowest BCUT2D eigenvalue weighted by molar-refractivity contribution is -0.328. The largest absolute Gasteiger partial charge is 0.439 e. The van der Waals surface area contributed by atoms with Crippen LogP contribution in [0.2, 0.25) is 0 Å². The van der Waals surface area contributed by atoms with Crippen molar-refractivity contribution in [2.75, 3.05) is 0 Å². The first kappa shape index (κ1) is 17.0. The van der Waals surface area contributed by atoms with Crippen LogP contribution in [0.1, 0.15) is 49.4 Å². The molecular formula is C17H19F3N2O2. The molecule has 1 aromatic carbocycles. The number of nitrogens with zero attached hydrogens (tertiary/aromatic N) is 2. The van der Waals surface area contributed by atoms with Crippen molar-refractivity contribution in [1.82, 2.24) is 5.01 Å². The molecule has 0 unspecified atom stereocenters. The maximum atomic E-state index is 13.9. The molecular weight excluding hydrogens is 321 g/mol. The predicted molar refractivity (Wildman–Crippen MR) is 82.2 cm³/mol. The summed E-state index contributed by atoms with van der Waals surface area (Å²) in [4.78, 5) is 12.6. The van der Waals surface area contributed by atoms with Gasteiger partial charge in [-0.3, -0.25) is 4.79 Å². The first-order chi connectivity index (χ1) is 11.2. The molecule has 1 aliphatic carbocycles. The summed E-state index contributed by atoms with van der Waals surface area (Å²) < 4.78 is 41.7. The number of hydrogen-bond acceptors (Lipinski definition) is 3. The molecule has 0 radical (unpaired) electrons. The van der Waals surface area contributed by atoms with Crippen molar-refractivity contribution in [3.8, 4) is 0 Å². The minimum absolute atomic E-state index is 0.0598. The molecule has 3 rings (SSSR count). The lowest BCUT2D eigenvalue weighted by atomic mass is 9.72. The van der Waals surface area contributed by atoms with Gasteiger partial charge in [-0.25, -0.2) is 0 Å². The monoisotopic (exact) mass is 340 g/mol. The third-order valence-electron chi connectivity index (χ3n) is 5.13. The Morgan fingerprint density at radius 2 is 1.88 bits per heavy atom. The zero-order valence-corrected chi connectivity index (χ0v) is 13.3. The zero-order valence-electron chi connectivity index (χ0n) is 13.3. The molecule has 1 amide bonds.